The Labute approximate surface area is 78.2 Å². The first-order valence-electron chi connectivity index (χ1n) is 4.15. The summed E-state index contributed by atoms with van der Waals surface area (Å²) in [4.78, 5) is 10.3. The zero-order valence-corrected chi connectivity index (χ0v) is 8.08. The number of methoxy groups -OCH3 is 1. The van der Waals surface area contributed by atoms with Gasteiger partial charge in [-0.1, -0.05) is 6.08 Å². The molecule has 0 saturated heterocycles. The summed E-state index contributed by atoms with van der Waals surface area (Å²) in [7, 11) is 1.61. The first-order valence-corrected chi connectivity index (χ1v) is 4.15. The Balaban J connectivity index is 3.34. The lowest BCUT2D eigenvalue weighted by atomic mass is 10.2. The molecule has 4 nitrogen and oxygen atoms in total. The van der Waals surface area contributed by atoms with Crippen LogP contribution in [0.3, 0.4) is 0 Å². The van der Waals surface area contributed by atoms with Crippen LogP contribution in [-0.4, -0.2) is 38.0 Å². The number of hydrogen-bond acceptors (Lipinski definition) is 3. The fourth-order valence-electron chi connectivity index (χ4n) is 0.690. The van der Waals surface area contributed by atoms with E-state index in [1.54, 1.807) is 20.1 Å². The minimum atomic E-state index is -0.878. The SMILES string of the molecule is COCCOCCC=C(C)C(=O)O. The van der Waals surface area contributed by atoms with Crippen molar-refractivity contribution in [2.45, 2.75) is 13.3 Å². The Kier molecular flexibility index (Phi) is 7.24. The van der Waals surface area contributed by atoms with Gasteiger partial charge in [0.25, 0.3) is 0 Å². The topological polar surface area (TPSA) is 55.8 Å². The third-order valence-electron chi connectivity index (χ3n) is 1.48. The number of rotatable bonds is 7. The summed E-state index contributed by atoms with van der Waals surface area (Å²) < 4.78 is 9.91. The Morgan fingerprint density at radius 3 is 2.62 bits per heavy atom. The lowest BCUT2D eigenvalue weighted by Crippen LogP contribution is -2.03. The Morgan fingerprint density at radius 1 is 1.38 bits per heavy atom. The van der Waals surface area contributed by atoms with Gasteiger partial charge in [-0.2, -0.15) is 0 Å². The van der Waals surface area contributed by atoms with E-state index in [4.69, 9.17) is 14.6 Å². The quantitative estimate of drug-likeness (QED) is 0.479. The highest BCUT2D eigenvalue weighted by Gasteiger charge is 1.97. The highest BCUT2D eigenvalue weighted by Crippen LogP contribution is 1.95. The fraction of sp³-hybridized carbons (Fsp3) is 0.667. The van der Waals surface area contributed by atoms with Crippen molar-refractivity contribution in [1.29, 1.82) is 0 Å². The highest BCUT2D eigenvalue weighted by atomic mass is 16.5. The van der Waals surface area contributed by atoms with Crippen LogP contribution >= 0.6 is 0 Å². The van der Waals surface area contributed by atoms with Gasteiger partial charge in [-0.15, -0.1) is 0 Å². The zero-order chi connectivity index (χ0) is 10.1. The predicted octanol–water partition coefficient (Wildman–Crippen LogP) is 1.07. The molecule has 1 N–H and O–H groups in total. The average molecular weight is 188 g/mol. The number of carbonyl (C=O) groups is 1. The van der Waals surface area contributed by atoms with E-state index < -0.39 is 5.97 Å². The number of carboxylic acids is 1. The molecule has 0 rings (SSSR count). The van der Waals surface area contributed by atoms with Crippen LogP contribution in [0.15, 0.2) is 11.6 Å². The molecule has 0 aliphatic carbocycles. The molecule has 0 unspecified atom stereocenters. The van der Waals surface area contributed by atoms with Gasteiger partial charge >= 0.3 is 5.97 Å². The summed E-state index contributed by atoms with van der Waals surface area (Å²) in [5.74, 6) is -0.878. The van der Waals surface area contributed by atoms with Gasteiger partial charge in [0.1, 0.15) is 0 Å². The molecule has 0 aromatic heterocycles. The highest BCUT2D eigenvalue weighted by molar-refractivity contribution is 5.85. The lowest BCUT2D eigenvalue weighted by molar-refractivity contribution is -0.132. The van der Waals surface area contributed by atoms with Crippen molar-refractivity contribution in [3.63, 3.8) is 0 Å². The van der Waals surface area contributed by atoms with Gasteiger partial charge in [0.2, 0.25) is 0 Å². The van der Waals surface area contributed by atoms with Crippen LogP contribution in [0.4, 0.5) is 0 Å². The average Bonchev–Trinajstić information content (AvgIpc) is 2.10. The standard InChI is InChI=1S/C9H16O4/c1-8(9(10)11)4-3-5-13-7-6-12-2/h4H,3,5-7H2,1-2H3,(H,10,11). The number of carboxylic acid groups (broad SMARTS) is 1. The van der Waals surface area contributed by atoms with Crippen molar-refractivity contribution in [1.82, 2.24) is 0 Å². The molecule has 0 atom stereocenters. The Hall–Kier alpha value is -0.870. The van der Waals surface area contributed by atoms with E-state index in [-0.39, 0.29) is 0 Å². The van der Waals surface area contributed by atoms with Gasteiger partial charge in [0, 0.05) is 12.7 Å². The van der Waals surface area contributed by atoms with Crippen LogP contribution in [0.1, 0.15) is 13.3 Å². The maximum atomic E-state index is 10.3. The molecule has 0 fully saturated rings. The van der Waals surface area contributed by atoms with Crippen LogP contribution in [0.25, 0.3) is 0 Å². The van der Waals surface area contributed by atoms with Crippen LogP contribution in [0.5, 0.6) is 0 Å². The Morgan fingerprint density at radius 2 is 2.08 bits per heavy atom. The summed E-state index contributed by atoms with van der Waals surface area (Å²) in [6, 6.07) is 0. The molecular weight excluding hydrogens is 172 g/mol. The fourth-order valence-corrected chi connectivity index (χ4v) is 0.690. The van der Waals surface area contributed by atoms with Gasteiger partial charge in [-0.05, 0) is 13.3 Å². The summed E-state index contributed by atoms with van der Waals surface area (Å²) in [6.07, 6.45) is 2.27. The van der Waals surface area contributed by atoms with Crippen molar-refractivity contribution in [2.75, 3.05) is 26.9 Å². The second-order valence-corrected chi connectivity index (χ2v) is 2.59. The minimum absolute atomic E-state index is 0.357. The monoisotopic (exact) mass is 188 g/mol. The van der Waals surface area contributed by atoms with E-state index in [1.807, 2.05) is 0 Å². The van der Waals surface area contributed by atoms with Crippen LogP contribution in [0, 0.1) is 0 Å². The number of aliphatic carboxylic acids is 1. The summed E-state index contributed by atoms with van der Waals surface area (Å²) >= 11 is 0. The van der Waals surface area contributed by atoms with Gasteiger partial charge in [0.15, 0.2) is 0 Å². The Bertz CT molecular complexity index is 174. The summed E-state index contributed by atoms with van der Waals surface area (Å²) in [5, 5.41) is 8.49. The second-order valence-electron chi connectivity index (χ2n) is 2.59. The van der Waals surface area contributed by atoms with Gasteiger partial charge in [-0.25, -0.2) is 4.79 Å². The molecule has 0 aliphatic heterocycles. The van der Waals surface area contributed by atoms with E-state index in [9.17, 15) is 4.79 Å². The molecule has 0 amide bonds. The molecule has 0 aromatic carbocycles. The van der Waals surface area contributed by atoms with Crippen molar-refractivity contribution in [3.8, 4) is 0 Å². The number of hydrogen-bond donors (Lipinski definition) is 1. The van der Waals surface area contributed by atoms with Gasteiger partial charge in [0.05, 0.1) is 19.8 Å². The molecular formula is C9H16O4. The third kappa shape index (κ3) is 7.49. The molecule has 0 bridgehead atoms. The minimum Gasteiger partial charge on any atom is -0.478 e. The van der Waals surface area contributed by atoms with E-state index in [1.165, 1.54) is 0 Å². The number of ether oxygens (including phenoxy) is 2. The molecule has 76 valence electrons. The van der Waals surface area contributed by atoms with Crippen molar-refractivity contribution in [3.05, 3.63) is 11.6 Å². The lowest BCUT2D eigenvalue weighted by Gasteiger charge is -2.00. The first kappa shape index (κ1) is 12.1. The van der Waals surface area contributed by atoms with Crippen molar-refractivity contribution in [2.24, 2.45) is 0 Å². The second kappa shape index (κ2) is 7.76. The first-order chi connectivity index (χ1) is 6.18. The van der Waals surface area contributed by atoms with E-state index in [0.717, 1.165) is 0 Å². The van der Waals surface area contributed by atoms with E-state index >= 15 is 0 Å². The van der Waals surface area contributed by atoms with Gasteiger partial charge in [-0.3, -0.25) is 0 Å². The molecule has 0 heterocycles. The maximum absolute atomic E-state index is 10.3. The molecule has 0 spiro atoms. The molecule has 0 aromatic rings. The third-order valence-corrected chi connectivity index (χ3v) is 1.48. The molecule has 0 saturated carbocycles. The van der Waals surface area contributed by atoms with Crippen LogP contribution in [-0.2, 0) is 14.3 Å². The van der Waals surface area contributed by atoms with Crippen LogP contribution in [0.2, 0.25) is 0 Å². The maximum Gasteiger partial charge on any atom is 0.330 e. The molecule has 0 radical (unpaired) electrons. The van der Waals surface area contributed by atoms with E-state index in [2.05, 4.69) is 0 Å². The summed E-state index contributed by atoms with van der Waals surface area (Å²) in [6.45, 7) is 3.23. The summed E-state index contributed by atoms with van der Waals surface area (Å²) in [5.41, 5.74) is 0.357. The molecule has 0 aliphatic rings. The smallest absolute Gasteiger partial charge is 0.330 e. The van der Waals surface area contributed by atoms with Gasteiger partial charge < -0.3 is 14.6 Å². The van der Waals surface area contributed by atoms with Crippen molar-refractivity contribution >= 4 is 5.97 Å². The largest absolute Gasteiger partial charge is 0.478 e. The van der Waals surface area contributed by atoms with E-state index in [0.29, 0.717) is 31.8 Å². The van der Waals surface area contributed by atoms with Crippen molar-refractivity contribution < 1.29 is 19.4 Å². The molecule has 4 heteroatoms. The zero-order valence-electron chi connectivity index (χ0n) is 8.08. The predicted molar refractivity (Wildman–Crippen MR) is 48.7 cm³/mol. The van der Waals surface area contributed by atoms with Crippen LogP contribution < -0.4 is 0 Å². The normalized spacial score (nSPS) is 11.7. The molecule has 13 heavy (non-hydrogen) atoms.